The average molecular weight is 372 g/mol. The molecule has 1 aliphatic carbocycles. The van der Waals surface area contributed by atoms with Crippen molar-refractivity contribution in [2.75, 3.05) is 31.5 Å². The summed E-state index contributed by atoms with van der Waals surface area (Å²) in [5.74, 6) is 0.807. The van der Waals surface area contributed by atoms with Gasteiger partial charge in [0, 0.05) is 30.4 Å². The number of benzene rings is 1. The van der Waals surface area contributed by atoms with Crippen LogP contribution in [0.3, 0.4) is 0 Å². The van der Waals surface area contributed by atoms with Crippen LogP contribution in [0.5, 0.6) is 0 Å². The molecule has 1 aromatic carbocycles. The molecule has 27 heavy (non-hydrogen) atoms. The molecule has 1 aliphatic heterocycles. The lowest BCUT2D eigenvalue weighted by Crippen LogP contribution is -2.49. The van der Waals surface area contributed by atoms with Gasteiger partial charge in [0.15, 0.2) is 0 Å². The Morgan fingerprint density at radius 1 is 1.11 bits per heavy atom. The summed E-state index contributed by atoms with van der Waals surface area (Å²) in [5.41, 5.74) is 1.33. The molecular formula is C22H33N3O2. The van der Waals surface area contributed by atoms with E-state index in [4.69, 9.17) is 0 Å². The molecule has 2 fully saturated rings. The number of nitrogens with zero attached hydrogens (tertiary/aromatic N) is 2. The predicted molar refractivity (Wildman–Crippen MR) is 109 cm³/mol. The van der Waals surface area contributed by atoms with Crippen LogP contribution in [-0.2, 0) is 4.79 Å². The third kappa shape index (κ3) is 4.89. The van der Waals surface area contributed by atoms with E-state index in [2.05, 4.69) is 10.2 Å². The molecule has 1 heterocycles. The van der Waals surface area contributed by atoms with E-state index in [9.17, 15) is 9.59 Å². The third-order valence-electron chi connectivity index (χ3n) is 6.15. The van der Waals surface area contributed by atoms with Crippen molar-refractivity contribution in [3.05, 3.63) is 29.8 Å². The van der Waals surface area contributed by atoms with Gasteiger partial charge in [-0.3, -0.25) is 14.5 Å². The van der Waals surface area contributed by atoms with Crippen molar-refractivity contribution >= 4 is 17.5 Å². The van der Waals surface area contributed by atoms with E-state index >= 15 is 0 Å². The Labute approximate surface area is 163 Å². The van der Waals surface area contributed by atoms with E-state index in [1.54, 1.807) is 11.0 Å². The molecule has 0 radical (unpaired) electrons. The first-order valence-corrected chi connectivity index (χ1v) is 10.6. The number of rotatable bonds is 6. The van der Waals surface area contributed by atoms with E-state index in [1.807, 2.05) is 32.0 Å². The van der Waals surface area contributed by atoms with Crippen LogP contribution in [0, 0.1) is 5.92 Å². The van der Waals surface area contributed by atoms with Crippen LogP contribution >= 0.6 is 0 Å². The van der Waals surface area contributed by atoms with Crippen molar-refractivity contribution in [2.45, 2.75) is 58.4 Å². The number of hydrogen-bond donors (Lipinski definition) is 1. The maximum Gasteiger partial charge on any atom is 0.253 e. The van der Waals surface area contributed by atoms with Crippen LogP contribution in [0.25, 0.3) is 0 Å². The Morgan fingerprint density at radius 2 is 1.85 bits per heavy atom. The highest BCUT2D eigenvalue weighted by molar-refractivity contribution is 5.97. The topological polar surface area (TPSA) is 52.7 Å². The molecule has 5 nitrogen and oxygen atoms in total. The van der Waals surface area contributed by atoms with Gasteiger partial charge in [0.1, 0.15) is 0 Å². The van der Waals surface area contributed by atoms with Crippen LogP contribution in [0.1, 0.15) is 62.7 Å². The van der Waals surface area contributed by atoms with Crippen molar-refractivity contribution in [1.29, 1.82) is 0 Å². The SMILES string of the molecule is CCN(CC)C(=O)c1cccc(NC(=O)CN2CCCC3CCCCC32)c1. The van der Waals surface area contributed by atoms with Crippen molar-refractivity contribution < 1.29 is 9.59 Å². The first-order valence-electron chi connectivity index (χ1n) is 10.6. The number of nitrogens with one attached hydrogen (secondary N) is 1. The second-order valence-electron chi connectivity index (χ2n) is 7.83. The highest BCUT2D eigenvalue weighted by Gasteiger charge is 2.33. The summed E-state index contributed by atoms with van der Waals surface area (Å²) in [6, 6.07) is 7.88. The zero-order valence-electron chi connectivity index (χ0n) is 16.7. The van der Waals surface area contributed by atoms with Crippen molar-refractivity contribution in [1.82, 2.24) is 9.80 Å². The largest absolute Gasteiger partial charge is 0.339 e. The van der Waals surface area contributed by atoms with Gasteiger partial charge in [-0.25, -0.2) is 0 Å². The zero-order chi connectivity index (χ0) is 19.2. The second kappa shape index (κ2) is 9.36. The van der Waals surface area contributed by atoms with Gasteiger partial charge < -0.3 is 10.2 Å². The standard InChI is InChI=1S/C22H33N3O2/c1-3-24(4-2)22(27)18-10-7-12-19(15-18)23-21(26)16-25-14-8-11-17-9-5-6-13-20(17)25/h7,10,12,15,17,20H,3-6,8-9,11,13-14,16H2,1-2H3,(H,23,26). The molecule has 2 amide bonds. The summed E-state index contributed by atoms with van der Waals surface area (Å²) in [4.78, 5) is 29.3. The Morgan fingerprint density at radius 3 is 2.63 bits per heavy atom. The lowest BCUT2D eigenvalue weighted by Gasteiger charge is -2.43. The van der Waals surface area contributed by atoms with E-state index in [0.717, 1.165) is 12.5 Å². The Hall–Kier alpha value is -1.88. The van der Waals surface area contributed by atoms with E-state index < -0.39 is 0 Å². The number of carbonyl (C=O) groups excluding carboxylic acids is 2. The minimum atomic E-state index is 0.0113. The molecule has 0 bridgehead atoms. The lowest BCUT2D eigenvalue weighted by atomic mass is 9.78. The molecule has 1 saturated carbocycles. The second-order valence-corrected chi connectivity index (χ2v) is 7.83. The minimum absolute atomic E-state index is 0.0113. The maximum absolute atomic E-state index is 12.6. The van der Waals surface area contributed by atoms with Gasteiger partial charge in [-0.15, -0.1) is 0 Å². The van der Waals surface area contributed by atoms with Gasteiger partial charge in [0.2, 0.25) is 5.91 Å². The van der Waals surface area contributed by atoms with E-state index in [-0.39, 0.29) is 11.8 Å². The average Bonchev–Trinajstić information content (AvgIpc) is 2.69. The summed E-state index contributed by atoms with van der Waals surface area (Å²) in [7, 11) is 0. The molecule has 3 rings (SSSR count). The smallest absolute Gasteiger partial charge is 0.253 e. The van der Waals surface area contributed by atoms with Gasteiger partial charge in [0.05, 0.1) is 6.54 Å². The Bertz CT molecular complexity index is 655. The molecule has 2 unspecified atom stereocenters. The number of amides is 2. The zero-order valence-corrected chi connectivity index (χ0v) is 16.7. The molecule has 0 aromatic heterocycles. The fourth-order valence-electron chi connectivity index (χ4n) is 4.73. The molecule has 5 heteroatoms. The first kappa shape index (κ1) is 19.9. The number of carbonyl (C=O) groups is 2. The van der Waals surface area contributed by atoms with Crippen LogP contribution in [0.4, 0.5) is 5.69 Å². The summed E-state index contributed by atoms with van der Waals surface area (Å²) < 4.78 is 0. The number of fused-ring (bicyclic) bond motifs is 1. The van der Waals surface area contributed by atoms with Gasteiger partial charge in [0.25, 0.3) is 5.91 Å². The first-order chi connectivity index (χ1) is 13.1. The Kier molecular flexibility index (Phi) is 6.89. The minimum Gasteiger partial charge on any atom is -0.339 e. The fraction of sp³-hybridized carbons (Fsp3) is 0.636. The molecule has 1 saturated heterocycles. The van der Waals surface area contributed by atoms with Crippen LogP contribution in [0.15, 0.2) is 24.3 Å². The molecule has 1 aromatic rings. The van der Waals surface area contributed by atoms with Crippen molar-refractivity contribution in [3.63, 3.8) is 0 Å². The van der Waals surface area contributed by atoms with Crippen molar-refractivity contribution in [3.8, 4) is 0 Å². The number of piperidine rings is 1. The third-order valence-corrected chi connectivity index (χ3v) is 6.15. The lowest BCUT2D eigenvalue weighted by molar-refractivity contribution is -0.118. The van der Waals surface area contributed by atoms with E-state index in [0.29, 0.717) is 36.9 Å². The number of likely N-dealkylation sites (tertiary alicyclic amines) is 1. The molecule has 148 valence electrons. The summed E-state index contributed by atoms with van der Waals surface area (Å²) >= 11 is 0. The van der Waals surface area contributed by atoms with Crippen LogP contribution in [0.2, 0.25) is 0 Å². The Balaban J connectivity index is 1.61. The normalized spacial score (nSPS) is 22.7. The van der Waals surface area contributed by atoms with Gasteiger partial charge in [-0.1, -0.05) is 18.9 Å². The molecule has 0 spiro atoms. The molecule has 2 aliphatic rings. The van der Waals surface area contributed by atoms with E-state index in [1.165, 1.54) is 38.5 Å². The van der Waals surface area contributed by atoms with Gasteiger partial charge in [-0.05, 0) is 70.2 Å². The quantitative estimate of drug-likeness (QED) is 0.828. The molecule has 2 atom stereocenters. The maximum atomic E-state index is 12.6. The van der Waals surface area contributed by atoms with Crippen LogP contribution in [-0.4, -0.2) is 53.8 Å². The van der Waals surface area contributed by atoms with Gasteiger partial charge >= 0.3 is 0 Å². The number of hydrogen-bond acceptors (Lipinski definition) is 3. The highest BCUT2D eigenvalue weighted by atomic mass is 16.2. The highest BCUT2D eigenvalue weighted by Crippen LogP contribution is 2.35. The summed E-state index contributed by atoms with van der Waals surface area (Å²) in [6.07, 6.45) is 7.69. The molecular weight excluding hydrogens is 338 g/mol. The summed E-state index contributed by atoms with van der Waals surface area (Å²) in [5, 5.41) is 3.00. The summed E-state index contributed by atoms with van der Waals surface area (Å²) in [6.45, 7) is 6.80. The molecule has 1 N–H and O–H groups in total. The fourth-order valence-corrected chi connectivity index (χ4v) is 4.73. The van der Waals surface area contributed by atoms with Gasteiger partial charge in [-0.2, -0.15) is 0 Å². The van der Waals surface area contributed by atoms with Crippen LogP contribution < -0.4 is 5.32 Å². The van der Waals surface area contributed by atoms with Crippen molar-refractivity contribution in [2.24, 2.45) is 5.92 Å². The monoisotopic (exact) mass is 371 g/mol. The predicted octanol–water partition coefficient (Wildman–Crippen LogP) is 3.76. The number of anilines is 1.